The average molecular weight is 256 g/mol. The minimum absolute atomic E-state index is 0.413. The molecule has 18 heavy (non-hydrogen) atoms. The molecule has 1 rings (SSSR count). The molecule has 0 aliphatic heterocycles. The maximum atomic E-state index is 13.5. The van der Waals surface area contributed by atoms with Gasteiger partial charge in [-0.05, 0) is 6.07 Å². The number of likely N-dealkylation sites (N-methyl/N-ethyl adjacent to an activating group) is 1. The topological polar surface area (TPSA) is 101 Å². The zero-order chi connectivity index (χ0) is 13.9. The van der Waals surface area contributed by atoms with Crippen molar-refractivity contribution in [2.75, 3.05) is 13.6 Å². The molecule has 1 N–H and O–H groups in total. The summed E-state index contributed by atoms with van der Waals surface area (Å²) in [6, 6.07) is 2.54. The first-order valence-electron chi connectivity index (χ1n) is 4.74. The number of hydrogen-bond donors (Lipinski definition) is 1. The number of nitrogens with zero attached hydrogens (tertiary/aromatic N) is 2. The molecule has 0 heterocycles. The number of halogens is 1. The number of hydrogen-bond acceptors (Lipinski definition) is 4. The molecule has 0 spiro atoms. The lowest BCUT2D eigenvalue weighted by molar-refractivity contribution is -0.385. The molecule has 0 unspecified atom stereocenters. The van der Waals surface area contributed by atoms with Crippen molar-refractivity contribution in [3.63, 3.8) is 0 Å². The van der Waals surface area contributed by atoms with E-state index in [0.29, 0.717) is 6.07 Å². The Bertz CT molecular complexity index is 517. The van der Waals surface area contributed by atoms with E-state index in [1.54, 1.807) is 0 Å². The molecule has 0 saturated carbocycles. The molecule has 0 aliphatic rings. The zero-order valence-corrected chi connectivity index (χ0v) is 9.29. The second-order valence-electron chi connectivity index (χ2n) is 3.48. The highest BCUT2D eigenvalue weighted by Gasteiger charge is 2.20. The molecular formula is C10H9FN2O5. The lowest BCUT2D eigenvalue weighted by Gasteiger charge is -2.14. The summed E-state index contributed by atoms with van der Waals surface area (Å²) in [5.41, 5.74) is -0.894. The standard InChI is InChI=1S/C10H9FN2O5/c1-12(5-9(14)15)10(16)7-3-2-6(13(17)18)4-8(7)11/h2-4H,5H2,1H3,(H,14,15). The van der Waals surface area contributed by atoms with E-state index in [0.717, 1.165) is 17.0 Å². The van der Waals surface area contributed by atoms with Crippen LogP contribution in [0.3, 0.4) is 0 Å². The first-order valence-corrected chi connectivity index (χ1v) is 4.74. The summed E-state index contributed by atoms with van der Waals surface area (Å²) >= 11 is 0. The van der Waals surface area contributed by atoms with Crippen LogP contribution in [-0.4, -0.2) is 40.4 Å². The second kappa shape index (κ2) is 5.21. The lowest BCUT2D eigenvalue weighted by Crippen LogP contribution is -2.32. The van der Waals surface area contributed by atoms with Gasteiger partial charge in [-0.3, -0.25) is 19.7 Å². The average Bonchev–Trinajstić information content (AvgIpc) is 2.26. The second-order valence-corrected chi connectivity index (χ2v) is 3.48. The van der Waals surface area contributed by atoms with Gasteiger partial charge in [0.2, 0.25) is 0 Å². The molecule has 1 aromatic rings. The molecule has 1 aromatic carbocycles. The van der Waals surface area contributed by atoms with Gasteiger partial charge in [0.1, 0.15) is 12.4 Å². The van der Waals surface area contributed by atoms with Crippen molar-refractivity contribution >= 4 is 17.6 Å². The van der Waals surface area contributed by atoms with Crippen LogP contribution in [0.5, 0.6) is 0 Å². The Balaban J connectivity index is 3.00. The molecule has 0 atom stereocenters. The summed E-state index contributed by atoms with van der Waals surface area (Å²) in [6.45, 7) is -0.588. The monoisotopic (exact) mass is 256 g/mol. The maximum absolute atomic E-state index is 13.5. The van der Waals surface area contributed by atoms with E-state index in [4.69, 9.17) is 5.11 Å². The fourth-order valence-corrected chi connectivity index (χ4v) is 1.27. The Morgan fingerprint density at radius 3 is 2.56 bits per heavy atom. The minimum Gasteiger partial charge on any atom is -0.480 e. The maximum Gasteiger partial charge on any atom is 0.323 e. The number of aliphatic carboxylic acids is 1. The summed E-state index contributed by atoms with van der Waals surface area (Å²) in [5.74, 6) is -3.16. The van der Waals surface area contributed by atoms with Gasteiger partial charge in [0.05, 0.1) is 16.6 Å². The van der Waals surface area contributed by atoms with Gasteiger partial charge in [-0.15, -0.1) is 0 Å². The number of non-ortho nitro benzene ring substituents is 1. The number of rotatable bonds is 4. The van der Waals surface area contributed by atoms with E-state index < -0.39 is 40.4 Å². The number of carboxylic acid groups (broad SMARTS) is 1. The quantitative estimate of drug-likeness (QED) is 0.636. The van der Waals surface area contributed by atoms with Gasteiger partial charge in [0.15, 0.2) is 0 Å². The van der Waals surface area contributed by atoms with Gasteiger partial charge in [0.25, 0.3) is 11.6 Å². The predicted octanol–water partition coefficient (Wildman–Crippen LogP) is 0.891. The van der Waals surface area contributed by atoms with Crippen LogP contribution in [0.4, 0.5) is 10.1 Å². The number of carbonyl (C=O) groups excluding carboxylic acids is 1. The highest BCUT2D eigenvalue weighted by molar-refractivity contribution is 5.96. The van der Waals surface area contributed by atoms with E-state index in [1.807, 2.05) is 0 Å². The molecule has 0 aliphatic carbocycles. The Kier molecular flexibility index (Phi) is 3.93. The van der Waals surface area contributed by atoms with Gasteiger partial charge < -0.3 is 10.0 Å². The molecular weight excluding hydrogens is 247 g/mol. The molecule has 1 amide bonds. The fraction of sp³-hybridized carbons (Fsp3) is 0.200. The summed E-state index contributed by atoms with van der Waals surface area (Å²) in [5, 5.41) is 18.9. The molecule has 8 heteroatoms. The van der Waals surface area contributed by atoms with Crippen LogP contribution in [0.25, 0.3) is 0 Å². The Morgan fingerprint density at radius 2 is 2.11 bits per heavy atom. The molecule has 96 valence electrons. The van der Waals surface area contributed by atoms with E-state index in [-0.39, 0.29) is 0 Å². The number of benzene rings is 1. The summed E-state index contributed by atoms with van der Waals surface area (Å²) in [6.07, 6.45) is 0. The van der Waals surface area contributed by atoms with Crippen LogP contribution in [0.1, 0.15) is 10.4 Å². The van der Waals surface area contributed by atoms with Gasteiger partial charge >= 0.3 is 5.97 Å². The largest absolute Gasteiger partial charge is 0.480 e. The highest BCUT2D eigenvalue weighted by atomic mass is 19.1. The van der Waals surface area contributed by atoms with Crippen LogP contribution in [0.2, 0.25) is 0 Å². The van der Waals surface area contributed by atoms with Crippen molar-refractivity contribution < 1.29 is 24.0 Å². The van der Waals surface area contributed by atoms with E-state index in [2.05, 4.69) is 0 Å². The van der Waals surface area contributed by atoms with Gasteiger partial charge in [-0.25, -0.2) is 4.39 Å². The van der Waals surface area contributed by atoms with E-state index in [9.17, 15) is 24.1 Å². The molecule has 0 fully saturated rings. The minimum atomic E-state index is -1.24. The van der Waals surface area contributed by atoms with Crippen molar-refractivity contribution in [1.82, 2.24) is 4.90 Å². The Labute approximate surface area is 101 Å². The van der Waals surface area contributed by atoms with Crippen molar-refractivity contribution in [2.24, 2.45) is 0 Å². The molecule has 0 saturated heterocycles. The van der Waals surface area contributed by atoms with Crippen LogP contribution < -0.4 is 0 Å². The third-order valence-electron chi connectivity index (χ3n) is 2.11. The van der Waals surface area contributed by atoms with Gasteiger partial charge in [-0.1, -0.05) is 0 Å². The van der Waals surface area contributed by atoms with E-state index in [1.165, 1.54) is 7.05 Å². The van der Waals surface area contributed by atoms with Gasteiger partial charge in [-0.2, -0.15) is 0 Å². The molecule has 0 bridgehead atoms. The summed E-state index contributed by atoms with van der Waals surface area (Å²) in [4.78, 5) is 32.4. The number of nitro benzene ring substituents is 1. The first-order chi connectivity index (χ1) is 8.32. The normalized spacial score (nSPS) is 9.89. The van der Waals surface area contributed by atoms with Crippen molar-refractivity contribution in [3.05, 3.63) is 39.7 Å². The highest BCUT2D eigenvalue weighted by Crippen LogP contribution is 2.17. The number of amides is 1. The van der Waals surface area contributed by atoms with E-state index >= 15 is 0 Å². The first kappa shape index (κ1) is 13.6. The zero-order valence-electron chi connectivity index (χ0n) is 9.29. The number of nitro groups is 1. The third-order valence-corrected chi connectivity index (χ3v) is 2.11. The molecule has 0 radical (unpaired) electrons. The summed E-state index contributed by atoms with van der Waals surface area (Å²) in [7, 11) is 1.19. The van der Waals surface area contributed by atoms with Crippen LogP contribution in [0.15, 0.2) is 18.2 Å². The fourth-order valence-electron chi connectivity index (χ4n) is 1.27. The van der Waals surface area contributed by atoms with Crippen molar-refractivity contribution in [1.29, 1.82) is 0 Å². The third kappa shape index (κ3) is 3.00. The summed E-state index contributed by atoms with van der Waals surface area (Å²) < 4.78 is 13.5. The van der Waals surface area contributed by atoms with Crippen LogP contribution in [0, 0.1) is 15.9 Å². The van der Waals surface area contributed by atoms with Crippen molar-refractivity contribution in [3.8, 4) is 0 Å². The van der Waals surface area contributed by atoms with Crippen molar-refractivity contribution in [2.45, 2.75) is 0 Å². The SMILES string of the molecule is CN(CC(=O)O)C(=O)c1ccc([N+](=O)[O-])cc1F. The number of carbonyl (C=O) groups is 2. The smallest absolute Gasteiger partial charge is 0.323 e. The Morgan fingerprint density at radius 1 is 1.50 bits per heavy atom. The van der Waals surface area contributed by atoms with Crippen LogP contribution in [-0.2, 0) is 4.79 Å². The molecule has 0 aromatic heterocycles. The Hall–Kier alpha value is -2.51. The van der Waals surface area contributed by atoms with Crippen LogP contribution >= 0.6 is 0 Å². The number of carboxylic acids is 1. The lowest BCUT2D eigenvalue weighted by atomic mass is 10.1. The van der Waals surface area contributed by atoms with Gasteiger partial charge in [0, 0.05) is 13.1 Å². The molecule has 7 nitrogen and oxygen atoms in total. The predicted molar refractivity (Wildman–Crippen MR) is 57.7 cm³/mol.